The van der Waals surface area contributed by atoms with Gasteiger partial charge in [-0.3, -0.25) is 4.79 Å². The number of carbonyl (C=O) groups excluding carboxylic acids is 1. The molecule has 0 aliphatic heterocycles. The number of nitrogens with zero attached hydrogens (tertiary/aromatic N) is 3. The van der Waals surface area contributed by atoms with Gasteiger partial charge in [-0.15, -0.1) is 0 Å². The van der Waals surface area contributed by atoms with Gasteiger partial charge in [0.1, 0.15) is 4.83 Å². The molecule has 0 saturated heterocycles. The second kappa shape index (κ2) is 6.07. The highest BCUT2D eigenvalue weighted by Gasteiger charge is 2.32. The average molecular weight is 305 g/mol. The van der Waals surface area contributed by atoms with Crippen LogP contribution in [0.15, 0.2) is 12.3 Å². The van der Waals surface area contributed by atoms with Crippen molar-refractivity contribution >= 4 is 27.7 Å². The Labute approximate surface area is 127 Å². The van der Waals surface area contributed by atoms with Gasteiger partial charge in [-0.2, -0.15) is 4.37 Å². The molecule has 1 amide bonds. The molecule has 6 heteroatoms. The highest BCUT2D eigenvalue weighted by atomic mass is 32.1. The van der Waals surface area contributed by atoms with Crippen LogP contribution < -0.4 is 0 Å². The van der Waals surface area contributed by atoms with E-state index in [1.165, 1.54) is 11.5 Å². The van der Waals surface area contributed by atoms with Gasteiger partial charge < -0.3 is 10.0 Å². The van der Waals surface area contributed by atoms with E-state index in [0.29, 0.717) is 18.2 Å². The molecule has 5 nitrogen and oxygen atoms in total. The lowest BCUT2D eigenvalue weighted by Gasteiger charge is -2.22. The van der Waals surface area contributed by atoms with E-state index in [2.05, 4.69) is 9.36 Å². The van der Waals surface area contributed by atoms with Crippen LogP contribution in [0.4, 0.5) is 0 Å². The summed E-state index contributed by atoms with van der Waals surface area (Å²) < 4.78 is 4.28. The van der Waals surface area contributed by atoms with Gasteiger partial charge in [0.2, 0.25) is 0 Å². The van der Waals surface area contributed by atoms with E-state index < -0.39 is 0 Å². The summed E-state index contributed by atoms with van der Waals surface area (Å²) in [6, 6.07) is 2.28. The van der Waals surface area contributed by atoms with E-state index in [-0.39, 0.29) is 12.5 Å². The lowest BCUT2D eigenvalue weighted by molar-refractivity contribution is 0.0737. The molecule has 1 N–H and O–H groups in total. The molecule has 1 aliphatic carbocycles. The smallest absolute Gasteiger partial charge is 0.255 e. The first-order valence-corrected chi connectivity index (χ1v) is 8.12. The van der Waals surface area contributed by atoms with Crippen LogP contribution in [0.1, 0.15) is 41.7 Å². The molecule has 2 heterocycles. The number of amides is 1. The standard InChI is InChI=1S/C15H19N3O2S/c1-10-13-8-11(9-16-14(13)21-17-10)15(20)18(12-4-5-12)6-2-3-7-19/h8-9,12,19H,2-7H2,1H3. The van der Waals surface area contributed by atoms with Crippen LogP contribution in [0, 0.1) is 6.92 Å². The Morgan fingerprint density at radius 1 is 1.48 bits per heavy atom. The number of aliphatic hydroxyl groups excluding tert-OH is 1. The Hall–Kier alpha value is -1.53. The summed E-state index contributed by atoms with van der Waals surface area (Å²) in [6.07, 6.45) is 5.40. The van der Waals surface area contributed by atoms with E-state index in [1.54, 1.807) is 6.20 Å². The molecule has 1 saturated carbocycles. The number of hydrogen-bond acceptors (Lipinski definition) is 5. The number of aryl methyl sites for hydroxylation is 1. The van der Waals surface area contributed by atoms with E-state index >= 15 is 0 Å². The monoisotopic (exact) mass is 305 g/mol. The second-order valence-electron chi connectivity index (χ2n) is 5.51. The summed E-state index contributed by atoms with van der Waals surface area (Å²) in [5.41, 5.74) is 1.57. The predicted octanol–water partition coefficient (Wildman–Crippen LogP) is 2.38. The topological polar surface area (TPSA) is 66.3 Å². The molecule has 21 heavy (non-hydrogen) atoms. The molecule has 0 unspecified atom stereocenters. The van der Waals surface area contributed by atoms with Gasteiger partial charge in [0.05, 0.1) is 11.3 Å². The Morgan fingerprint density at radius 2 is 2.29 bits per heavy atom. The fourth-order valence-electron chi connectivity index (χ4n) is 2.46. The van der Waals surface area contributed by atoms with Crippen LogP contribution in [0.3, 0.4) is 0 Å². The Morgan fingerprint density at radius 3 is 3.00 bits per heavy atom. The maximum atomic E-state index is 12.7. The number of aromatic nitrogens is 2. The third-order valence-corrected chi connectivity index (χ3v) is 4.68. The molecule has 3 rings (SSSR count). The first-order valence-electron chi connectivity index (χ1n) is 7.34. The fraction of sp³-hybridized carbons (Fsp3) is 0.533. The lowest BCUT2D eigenvalue weighted by atomic mass is 10.2. The van der Waals surface area contributed by atoms with Crippen molar-refractivity contribution in [3.05, 3.63) is 23.5 Å². The second-order valence-corrected chi connectivity index (χ2v) is 6.26. The summed E-state index contributed by atoms with van der Waals surface area (Å²) in [5.74, 6) is 0.0513. The van der Waals surface area contributed by atoms with Gasteiger partial charge in [-0.1, -0.05) is 0 Å². The zero-order valence-electron chi connectivity index (χ0n) is 12.1. The maximum absolute atomic E-state index is 12.7. The predicted molar refractivity (Wildman–Crippen MR) is 82.5 cm³/mol. The minimum atomic E-state index is 0.0513. The van der Waals surface area contributed by atoms with Crippen LogP contribution in [-0.2, 0) is 0 Å². The average Bonchev–Trinajstić information content (AvgIpc) is 3.27. The summed E-state index contributed by atoms with van der Waals surface area (Å²) in [7, 11) is 0. The quantitative estimate of drug-likeness (QED) is 0.832. The van der Waals surface area contributed by atoms with E-state index in [1.807, 2.05) is 17.9 Å². The summed E-state index contributed by atoms with van der Waals surface area (Å²) in [6.45, 7) is 2.83. The molecule has 1 fully saturated rings. The molecule has 2 aromatic rings. The van der Waals surface area contributed by atoms with E-state index in [9.17, 15) is 4.79 Å². The van der Waals surface area contributed by atoms with Crippen LogP contribution in [0.2, 0.25) is 0 Å². The molecule has 1 aliphatic rings. The molecule has 0 radical (unpaired) electrons. The molecule has 0 aromatic carbocycles. The first-order chi connectivity index (χ1) is 10.2. The van der Waals surface area contributed by atoms with Crippen molar-refractivity contribution in [1.29, 1.82) is 0 Å². The molecular formula is C15H19N3O2S. The molecular weight excluding hydrogens is 286 g/mol. The number of carbonyl (C=O) groups is 1. The van der Waals surface area contributed by atoms with Gasteiger partial charge in [-0.25, -0.2) is 4.98 Å². The summed E-state index contributed by atoms with van der Waals surface area (Å²) >= 11 is 1.36. The van der Waals surface area contributed by atoms with Crippen LogP contribution in [0.25, 0.3) is 10.2 Å². The van der Waals surface area contributed by atoms with Crippen molar-refractivity contribution < 1.29 is 9.90 Å². The number of fused-ring (bicyclic) bond motifs is 1. The minimum absolute atomic E-state index is 0.0513. The number of aliphatic hydroxyl groups is 1. The maximum Gasteiger partial charge on any atom is 0.255 e. The number of pyridine rings is 1. The first kappa shape index (κ1) is 14.4. The van der Waals surface area contributed by atoms with Gasteiger partial charge in [0, 0.05) is 30.8 Å². The van der Waals surface area contributed by atoms with Gasteiger partial charge in [0.25, 0.3) is 5.91 Å². The largest absolute Gasteiger partial charge is 0.396 e. The lowest BCUT2D eigenvalue weighted by Crippen LogP contribution is -2.34. The van der Waals surface area contributed by atoms with Gasteiger partial charge in [0.15, 0.2) is 0 Å². The third-order valence-electron chi connectivity index (χ3n) is 3.81. The van der Waals surface area contributed by atoms with E-state index in [0.717, 1.165) is 41.6 Å². The normalized spacial score (nSPS) is 14.6. The molecule has 2 aromatic heterocycles. The number of rotatable bonds is 6. The summed E-state index contributed by atoms with van der Waals surface area (Å²) in [5, 5.41) is 9.86. The van der Waals surface area contributed by atoms with Crippen molar-refractivity contribution in [2.24, 2.45) is 0 Å². The highest BCUT2D eigenvalue weighted by Crippen LogP contribution is 2.29. The van der Waals surface area contributed by atoms with Crippen molar-refractivity contribution in [1.82, 2.24) is 14.3 Å². The van der Waals surface area contributed by atoms with Crippen LogP contribution in [0.5, 0.6) is 0 Å². The van der Waals surface area contributed by atoms with E-state index in [4.69, 9.17) is 5.11 Å². The number of hydrogen-bond donors (Lipinski definition) is 1. The van der Waals surface area contributed by atoms with Crippen LogP contribution in [-0.4, -0.2) is 44.5 Å². The Balaban J connectivity index is 1.81. The van der Waals surface area contributed by atoms with Crippen molar-refractivity contribution in [3.63, 3.8) is 0 Å². The van der Waals surface area contributed by atoms with Crippen LogP contribution >= 0.6 is 11.5 Å². The molecule has 0 atom stereocenters. The van der Waals surface area contributed by atoms with Gasteiger partial charge in [-0.05, 0) is 50.2 Å². The van der Waals surface area contributed by atoms with Crippen molar-refractivity contribution in [2.45, 2.75) is 38.6 Å². The molecule has 112 valence electrons. The molecule has 0 bridgehead atoms. The van der Waals surface area contributed by atoms with Gasteiger partial charge >= 0.3 is 0 Å². The number of unbranched alkanes of at least 4 members (excludes halogenated alkanes) is 1. The summed E-state index contributed by atoms with van der Waals surface area (Å²) in [4.78, 5) is 19.9. The zero-order chi connectivity index (χ0) is 14.8. The Bertz CT molecular complexity index is 651. The third kappa shape index (κ3) is 3.06. The molecule has 0 spiro atoms. The van der Waals surface area contributed by atoms with Crippen molar-refractivity contribution in [2.75, 3.05) is 13.2 Å². The Kier molecular flexibility index (Phi) is 4.17. The van der Waals surface area contributed by atoms with Crippen molar-refractivity contribution in [3.8, 4) is 0 Å². The fourth-order valence-corrected chi connectivity index (χ4v) is 3.18. The minimum Gasteiger partial charge on any atom is -0.396 e. The SMILES string of the molecule is Cc1nsc2ncc(C(=O)N(CCCCO)C3CC3)cc12. The zero-order valence-corrected chi connectivity index (χ0v) is 12.9. The highest BCUT2D eigenvalue weighted by molar-refractivity contribution is 7.12.